The molecule has 0 aromatic carbocycles. The van der Waals surface area contributed by atoms with Gasteiger partial charge in [-0.05, 0) is 43.2 Å². The van der Waals surface area contributed by atoms with Crippen LogP contribution in [0.3, 0.4) is 0 Å². The van der Waals surface area contributed by atoms with Crippen LogP contribution < -0.4 is 0 Å². The van der Waals surface area contributed by atoms with E-state index in [9.17, 15) is 4.79 Å². The van der Waals surface area contributed by atoms with Gasteiger partial charge in [0.25, 0.3) is 0 Å². The highest BCUT2D eigenvalue weighted by molar-refractivity contribution is 7.08. The van der Waals surface area contributed by atoms with Crippen molar-refractivity contribution in [2.24, 2.45) is 0 Å². The van der Waals surface area contributed by atoms with E-state index >= 15 is 0 Å². The van der Waals surface area contributed by atoms with Crippen molar-refractivity contribution in [1.82, 2.24) is 0 Å². The summed E-state index contributed by atoms with van der Waals surface area (Å²) in [5, 5.41) is 4.00. The maximum atomic E-state index is 12.1. The second-order valence-corrected chi connectivity index (χ2v) is 4.73. The second kappa shape index (κ2) is 4.26. The predicted molar refractivity (Wildman–Crippen MR) is 65.3 cm³/mol. The Balaban J connectivity index is 2.27. The number of ketones is 1. The van der Waals surface area contributed by atoms with Gasteiger partial charge in [-0.3, -0.25) is 4.79 Å². The molecule has 0 spiro atoms. The molecular formula is C13H14O2S. The number of carbonyl (C=O) groups is 1. The lowest BCUT2D eigenvalue weighted by Crippen LogP contribution is -2.04. The maximum absolute atomic E-state index is 12.1. The van der Waals surface area contributed by atoms with E-state index in [4.69, 9.17) is 4.42 Å². The number of furan rings is 1. The number of Topliss-reactive ketones (excluding diaryl/α,β-unsaturated/α-hetero) is 1. The molecule has 0 saturated carbocycles. The highest BCUT2D eigenvalue weighted by atomic mass is 32.1. The Morgan fingerprint density at radius 3 is 2.56 bits per heavy atom. The summed E-state index contributed by atoms with van der Waals surface area (Å²) in [5.41, 5.74) is 2.80. The summed E-state index contributed by atoms with van der Waals surface area (Å²) < 4.78 is 5.47. The molecule has 0 saturated heterocycles. The van der Waals surface area contributed by atoms with Gasteiger partial charge in [-0.15, -0.1) is 0 Å². The highest BCUT2D eigenvalue weighted by Crippen LogP contribution is 2.22. The lowest BCUT2D eigenvalue weighted by Gasteiger charge is -1.99. The Bertz CT molecular complexity index is 506. The van der Waals surface area contributed by atoms with Gasteiger partial charge in [0.2, 0.25) is 0 Å². The van der Waals surface area contributed by atoms with Crippen LogP contribution in [-0.4, -0.2) is 5.78 Å². The molecule has 3 heteroatoms. The highest BCUT2D eigenvalue weighted by Gasteiger charge is 2.18. The molecule has 0 unspecified atom stereocenters. The van der Waals surface area contributed by atoms with Crippen LogP contribution in [0.5, 0.6) is 0 Å². The first-order valence-electron chi connectivity index (χ1n) is 5.20. The Hall–Kier alpha value is -1.35. The first kappa shape index (κ1) is 11.1. The fourth-order valence-corrected chi connectivity index (χ4v) is 2.54. The molecular weight excluding hydrogens is 220 g/mol. The fourth-order valence-electron chi connectivity index (χ4n) is 1.87. The monoisotopic (exact) mass is 234 g/mol. The van der Waals surface area contributed by atoms with Crippen molar-refractivity contribution < 1.29 is 9.21 Å². The zero-order chi connectivity index (χ0) is 11.7. The standard InChI is InChI=1S/C13H14O2S/c1-8-9(2)15-10(3)13(8)12(14)6-11-4-5-16-7-11/h4-5,7H,6H2,1-3H3. The molecule has 84 valence electrons. The lowest BCUT2D eigenvalue weighted by atomic mass is 10.0. The van der Waals surface area contributed by atoms with Crippen molar-refractivity contribution in [3.05, 3.63) is 45.0 Å². The van der Waals surface area contributed by atoms with E-state index in [1.807, 2.05) is 37.6 Å². The maximum Gasteiger partial charge on any atom is 0.171 e. The molecule has 0 bridgehead atoms. The van der Waals surface area contributed by atoms with Crippen molar-refractivity contribution in [3.63, 3.8) is 0 Å². The number of carbonyl (C=O) groups excluding carboxylic acids is 1. The number of thiophene rings is 1. The normalized spacial score (nSPS) is 10.7. The molecule has 0 fully saturated rings. The Morgan fingerprint density at radius 1 is 1.31 bits per heavy atom. The van der Waals surface area contributed by atoms with Crippen molar-refractivity contribution in [2.75, 3.05) is 0 Å². The summed E-state index contributed by atoms with van der Waals surface area (Å²) in [6, 6.07) is 1.99. The van der Waals surface area contributed by atoms with E-state index in [0.717, 1.165) is 28.2 Å². The quantitative estimate of drug-likeness (QED) is 0.758. The average Bonchev–Trinajstić information content (AvgIpc) is 2.77. The zero-order valence-electron chi connectivity index (χ0n) is 9.66. The zero-order valence-corrected chi connectivity index (χ0v) is 10.5. The van der Waals surface area contributed by atoms with Crippen LogP contribution in [0.25, 0.3) is 0 Å². The molecule has 2 aromatic heterocycles. The molecule has 0 radical (unpaired) electrons. The fraction of sp³-hybridized carbons (Fsp3) is 0.308. The van der Waals surface area contributed by atoms with Crippen LogP contribution in [0, 0.1) is 20.8 Å². The van der Waals surface area contributed by atoms with Crippen molar-refractivity contribution in [2.45, 2.75) is 27.2 Å². The molecule has 2 rings (SSSR count). The molecule has 16 heavy (non-hydrogen) atoms. The van der Waals surface area contributed by atoms with E-state index in [2.05, 4.69) is 0 Å². The van der Waals surface area contributed by atoms with Crippen molar-refractivity contribution in [3.8, 4) is 0 Å². The molecule has 0 atom stereocenters. The van der Waals surface area contributed by atoms with Crippen LogP contribution in [-0.2, 0) is 6.42 Å². The van der Waals surface area contributed by atoms with E-state index in [1.165, 1.54) is 0 Å². The van der Waals surface area contributed by atoms with Crippen LogP contribution in [0.4, 0.5) is 0 Å². The van der Waals surface area contributed by atoms with Gasteiger partial charge in [-0.2, -0.15) is 11.3 Å². The van der Waals surface area contributed by atoms with Gasteiger partial charge in [0.15, 0.2) is 5.78 Å². The molecule has 2 aromatic rings. The number of hydrogen-bond acceptors (Lipinski definition) is 3. The minimum atomic E-state index is 0.144. The first-order chi connectivity index (χ1) is 7.59. The number of aryl methyl sites for hydroxylation is 2. The van der Waals surface area contributed by atoms with Gasteiger partial charge in [0.05, 0.1) is 5.56 Å². The van der Waals surface area contributed by atoms with E-state index in [-0.39, 0.29) is 5.78 Å². The third-order valence-electron chi connectivity index (χ3n) is 2.78. The Kier molecular flexibility index (Phi) is 2.97. The average molecular weight is 234 g/mol. The summed E-state index contributed by atoms with van der Waals surface area (Å²) >= 11 is 1.61. The number of hydrogen-bond donors (Lipinski definition) is 0. The Labute approximate surface area is 98.9 Å². The van der Waals surface area contributed by atoms with Crippen LogP contribution in [0.15, 0.2) is 21.2 Å². The molecule has 0 amide bonds. The van der Waals surface area contributed by atoms with E-state index in [0.29, 0.717) is 6.42 Å². The largest absolute Gasteiger partial charge is 0.466 e. The summed E-state index contributed by atoms with van der Waals surface area (Å²) in [6.07, 6.45) is 0.462. The van der Waals surface area contributed by atoms with Gasteiger partial charge in [-0.25, -0.2) is 0 Å². The van der Waals surface area contributed by atoms with Crippen LogP contribution >= 0.6 is 11.3 Å². The van der Waals surface area contributed by atoms with Gasteiger partial charge < -0.3 is 4.42 Å². The molecule has 2 heterocycles. The molecule has 0 aliphatic rings. The van der Waals surface area contributed by atoms with Crippen molar-refractivity contribution >= 4 is 17.1 Å². The minimum Gasteiger partial charge on any atom is -0.466 e. The predicted octanol–water partition coefficient (Wildman–Crippen LogP) is 3.69. The Morgan fingerprint density at radius 2 is 2.06 bits per heavy atom. The molecule has 0 aliphatic carbocycles. The van der Waals surface area contributed by atoms with Crippen LogP contribution in [0.1, 0.15) is 33.0 Å². The first-order valence-corrected chi connectivity index (χ1v) is 6.14. The summed E-state index contributed by atoms with van der Waals surface area (Å²) in [6.45, 7) is 5.68. The summed E-state index contributed by atoms with van der Waals surface area (Å²) in [5.74, 6) is 1.71. The molecule has 2 nitrogen and oxygen atoms in total. The third-order valence-corrected chi connectivity index (χ3v) is 3.52. The lowest BCUT2D eigenvalue weighted by molar-refractivity contribution is 0.0991. The topological polar surface area (TPSA) is 30.2 Å². The van der Waals surface area contributed by atoms with Crippen molar-refractivity contribution in [1.29, 1.82) is 0 Å². The third kappa shape index (κ3) is 1.95. The minimum absolute atomic E-state index is 0.144. The molecule has 0 aliphatic heterocycles. The number of rotatable bonds is 3. The van der Waals surface area contributed by atoms with Gasteiger partial charge in [-0.1, -0.05) is 0 Å². The van der Waals surface area contributed by atoms with Crippen LogP contribution in [0.2, 0.25) is 0 Å². The smallest absolute Gasteiger partial charge is 0.171 e. The van der Waals surface area contributed by atoms with E-state index in [1.54, 1.807) is 11.3 Å². The summed E-state index contributed by atoms with van der Waals surface area (Å²) in [7, 11) is 0. The summed E-state index contributed by atoms with van der Waals surface area (Å²) in [4.78, 5) is 12.1. The van der Waals surface area contributed by atoms with Gasteiger partial charge >= 0.3 is 0 Å². The van der Waals surface area contributed by atoms with E-state index < -0.39 is 0 Å². The SMILES string of the molecule is Cc1oc(C)c(C(=O)Cc2ccsc2)c1C. The molecule has 0 N–H and O–H groups in total. The van der Waals surface area contributed by atoms with Gasteiger partial charge in [0, 0.05) is 12.0 Å². The second-order valence-electron chi connectivity index (χ2n) is 3.95. The van der Waals surface area contributed by atoms with Gasteiger partial charge in [0.1, 0.15) is 11.5 Å².